The van der Waals surface area contributed by atoms with Gasteiger partial charge in [0, 0.05) is 30.0 Å². The second-order valence-electron chi connectivity index (χ2n) is 10.3. The molecule has 3 aromatic carbocycles. The average molecular weight is 469 g/mol. The topological polar surface area (TPSA) is 56.4 Å². The molecule has 1 fully saturated rings. The van der Waals surface area contributed by atoms with Crippen LogP contribution in [0.15, 0.2) is 66.7 Å². The highest BCUT2D eigenvalue weighted by molar-refractivity contribution is 5.97. The lowest BCUT2D eigenvalue weighted by Crippen LogP contribution is -2.37. The van der Waals surface area contributed by atoms with Gasteiger partial charge < -0.3 is 10.6 Å². The number of rotatable bonds is 5. The highest BCUT2D eigenvalue weighted by atomic mass is 16.1. The Bertz CT molecular complexity index is 1210. The van der Waals surface area contributed by atoms with Gasteiger partial charge in [-0.25, -0.2) is 5.01 Å². The van der Waals surface area contributed by atoms with E-state index in [1.807, 2.05) is 24.3 Å². The molecule has 2 aliphatic rings. The molecule has 5 heteroatoms. The molecule has 1 amide bonds. The normalized spacial score (nSPS) is 24.0. The van der Waals surface area contributed by atoms with Crippen LogP contribution in [0.1, 0.15) is 66.5 Å². The van der Waals surface area contributed by atoms with Crippen molar-refractivity contribution in [2.24, 2.45) is 0 Å². The molecule has 2 heterocycles. The van der Waals surface area contributed by atoms with Crippen molar-refractivity contribution in [2.75, 3.05) is 10.6 Å². The van der Waals surface area contributed by atoms with Crippen LogP contribution in [0.25, 0.3) is 0 Å². The van der Waals surface area contributed by atoms with Crippen LogP contribution in [0, 0.1) is 13.8 Å². The third kappa shape index (κ3) is 5.12. The van der Waals surface area contributed by atoms with Crippen LogP contribution in [-0.2, 0) is 11.3 Å². The molecule has 0 aliphatic carbocycles. The molecule has 4 atom stereocenters. The highest BCUT2D eigenvalue weighted by Crippen LogP contribution is 2.41. The minimum Gasteiger partial charge on any atom is -0.378 e. The Balaban J connectivity index is 1.31. The number of fused-ring (bicyclic) bond motifs is 1. The number of hydrogen-bond donors (Lipinski definition) is 3. The molecule has 2 aliphatic heterocycles. The number of carbonyl (C=O) groups is 1. The summed E-state index contributed by atoms with van der Waals surface area (Å²) >= 11 is 0. The number of hydrogen-bond acceptors (Lipinski definition) is 4. The van der Waals surface area contributed by atoms with Gasteiger partial charge in [0.1, 0.15) is 0 Å². The van der Waals surface area contributed by atoms with Crippen molar-refractivity contribution in [3.8, 4) is 0 Å². The number of para-hydroxylation sites is 1. The van der Waals surface area contributed by atoms with E-state index in [0.29, 0.717) is 12.1 Å². The minimum absolute atomic E-state index is 0.0455. The van der Waals surface area contributed by atoms with Crippen molar-refractivity contribution in [2.45, 2.75) is 71.1 Å². The summed E-state index contributed by atoms with van der Waals surface area (Å²) < 4.78 is 0. The number of anilines is 2. The summed E-state index contributed by atoms with van der Waals surface area (Å²) in [5.74, 6) is -0.168. The largest absolute Gasteiger partial charge is 0.378 e. The van der Waals surface area contributed by atoms with Gasteiger partial charge >= 0.3 is 0 Å². The smallest absolute Gasteiger partial charge is 0.232 e. The number of nitrogens with one attached hydrogen (secondary N) is 3. The minimum atomic E-state index is -0.213. The first-order valence-corrected chi connectivity index (χ1v) is 12.7. The molecular formula is C30H36N4O. The molecule has 1 saturated heterocycles. The van der Waals surface area contributed by atoms with E-state index < -0.39 is 0 Å². The maximum absolute atomic E-state index is 13.5. The molecule has 5 nitrogen and oxygen atoms in total. The van der Waals surface area contributed by atoms with Crippen LogP contribution >= 0.6 is 0 Å². The number of amides is 1. The molecule has 0 aromatic heterocycles. The number of benzene rings is 3. The van der Waals surface area contributed by atoms with Gasteiger partial charge in [0.2, 0.25) is 5.91 Å². The van der Waals surface area contributed by atoms with Crippen molar-refractivity contribution >= 4 is 17.3 Å². The Morgan fingerprint density at radius 3 is 2.46 bits per heavy atom. The van der Waals surface area contributed by atoms with E-state index in [1.165, 1.54) is 22.3 Å². The van der Waals surface area contributed by atoms with E-state index in [0.717, 1.165) is 36.3 Å². The lowest BCUT2D eigenvalue weighted by Gasteiger charge is -2.33. The molecule has 3 aromatic rings. The fraction of sp³-hybridized carbons (Fsp3) is 0.367. The Labute approximate surface area is 208 Å². The summed E-state index contributed by atoms with van der Waals surface area (Å²) in [5.41, 5.74) is 11.5. The van der Waals surface area contributed by atoms with Crippen molar-refractivity contribution < 1.29 is 4.79 Å². The van der Waals surface area contributed by atoms with E-state index in [4.69, 9.17) is 0 Å². The third-order valence-electron chi connectivity index (χ3n) is 7.57. The molecule has 3 N–H and O–H groups in total. The summed E-state index contributed by atoms with van der Waals surface area (Å²) in [6.45, 7) is 9.61. The molecule has 0 spiro atoms. The predicted molar refractivity (Wildman–Crippen MR) is 143 cm³/mol. The predicted octanol–water partition coefficient (Wildman–Crippen LogP) is 6.07. The SMILES string of the molecule is Cc1ccc(C2CC(C(=O)Nc3ccc(CN4NC(C)CC4C)cc3)c3ccccc3N2)cc1C. The van der Waals surface area contributed by atoms with Crippen LogP contribution in [0.4, 0.5) is 11.4 Å². The summed E-state index contributed by atoms with van der Waals surface area (Å²) in [6.07, 6.45) is 1.88. The van der Waals surface area contributed by atoms with Gasteiger partial charge in [0.05, 0.1) is 12.0 Å². The second-order valence-corrected chi connectivity index (χ2v) is 10.3. The third-order valence-corrected chi connectivity index (χ3v) is 7.57. The zero-order chi connectivity index (χ0) is 24.5. The van der Waals surface area contributed by atoms with Crippen LogP contribution < -0.4 is 16.1 Å². The van der Waals surface area contributed by atoms with Gasteiger partial charge in [-0.1, -0.05) is 48.5 Å². The number of carbonyl (C=O) groups excluding carboxylic acids is 1. The van der Waals surface area contributed by atoms with Crippen LogP contribution in [0.3, 0.4) is 0 Å². The Kier molecular flexibility index (Phi) is 6.63. The molecule has 5 rings (SSSR count). The molecule has 4 unspecified atom stereocenters. The number of nitrogens with zero attached hydrogens (tertiary/aromatic N) is 1. The summed E-state index contributed by atoms with van der Waals surface area (Å²) in [4.78, 5) is 13.5. The van der Waals surface area contributed by atoms with Crippen LogP contribution in [0.5, 0.6) is 0 Å². The van der Waals surface area contributed by atoms with Gasteiger partial charge in [-0.2, -0.15) is 0 Å². The maximum Gasteiger partial charge on any atom is 0.232 e. The first-order chi connectivity index (χ1) is 16.9. The molecule has 35 heavy (non-hydrogen) atoms. The van der Waals surface area contributed by atoms with Gasteiger partial charge in [0.25, 0.3) is 0 Å². The standard InChI is InChI=1S/C30H36N4O/c1-19-9-12-24(15-20(19)2)29-17-27(26-7-5-6-8-28(26)32-29)30(35)31-25-13-10-23(11-14-25)18-34-22(4)16-21(3)33-34/h5-15,21-22,27,29,32-33H,16-18H2,1-4H3,(H,31,35). The van der Waals surface area contributed by atoms with Gasteiger partial charge in [-0.15, -0.1) is 0 Å². The van der Waals surface area contributed by atoms with Crippen molar-refractivity contribution in [1.82, 2.24) is 10.4 Å². The Morgan fingerprint density at radius 1 is 0.971 bits per heavy atom. The maximum atomic E-state index is 13.5. The second kappa shape index (κ2) is 9.84. The average Bonchev–Trinajstić information content (AvgIpc) is 3.17. The van der Waals surface area contributed by atoms with Crippen molar-refractivity contribution in [1.29, 1.82) is 0 Å². The van der Waals surface area contributed by atoms with Crippen molar-refractivity contribution in [3.63, 3.8) is 0 Å². The number of hydrazine groups is 1. The summed E-state index contributed by atoms with van der Waals surface area (Å²) in [5, 5.41) is 9.15. The summed E-state index contributed by atoms with van der Waals surface area (Å²) in [6, 6.07) is 24.2. The fourth-order valence-electron chi connectivity index (χ4n) is 5.41. The van der Waals surface area contributed by atoms with Crippen LogP contribution in [0.2, 0.25) is 0 Å². The van der Waals surface area contributed by atoms with Gasteiger partial charge in [-0.05, 0) is 86.6 Å². The fourth-order valence-corrected chi connectivity index (χ4v) is 5.41. The molecular weight excluding hydrogens is 432 g/mol. The van der Waals surface area contributed by atoms with Gasteiger partial charge in [0.15, 0.2) is 0 Å². The number of aryl methyl sites for hydroxylation is 2. The molecule has 0 bridgehead atoms. The molecule has 182 valence electrons. The first-order valence-electron chi connectivity index (χ1n) is 12.7. The quantitative estimate of drug-likeness (QED) is 0.425. The lowest BCUT2D eigenvalue weighted by atomic mass is 9.83. The van der Waals surface area contributed by atoms with E-state index >= 15 is 0 Å². The Morgan fingerprint density at radius 2 is 1.74 bits per heavy atom. The zero-order valence-corrected chi connectivity index (χ0v) is 21.1. The monoisotopic (exact) mass is 468 g/mol. The molecule has 0 radical (unpaired) electrons. The molecule has 0 saturated carbocycles. The zero-order valence-electron chi connectivity index (χ0n) is 21.1. The lowest BCUT2D eigenvalue weighted by molar-refractivity contribution is -0.117. The van der Waals surface area contributed by atoms with E-state index in [-0.39, 0.29) is 17.9 Å². The van der Waals surface area contributed by atoms with Gasteiger partial charge in [-0.3, -0.25) is 10.2 Å². The highest BCUT2D eigenvalue weighted by Gasteiger charge is 2.32. The van der Waals surface area contributed by atoms with E-state index in [2.05, 4.69) is 91.2 Å². The van der Waals surface area contributed by atoms with Crippen molar-refractivity contribution in [3.05, 3.63) is 94.5 Å². The first kappa shape index (κ1) is 23.6. The van der Waals surface area contributed by atoms with E-state index in [9.17, 15) is 4.79 Å². The Hall–Kier alpha value is -3.15. The van der Waals surface area contributed by atoms with E-state index in [1.54, 1.807) is 0 Å². The summed E-state index contributed by atoms with van der Waals surface area (Å²) in [7, 11) is 0. The van der Waals surface area contributed by atoms with Crippen LogP contribution in [-0.4, -0.2) is 23.0 Å².